The van der Waals surface area contributed by atoms with E-state index in [-0.39, 0.29) is 19.5 Å². The molecule has 2 amide bonds. The fourth-order valence-electron chi connectivity index (χ4n) is 1.51. The minimum atomic E-state index is -4.28. The summed E-state index contributed by atoms with van der Waals surface area (Å²) in [5, 5.41) is 0. The summed E-state index contributed by atoms with van der Waals surface area (Å²) in [5.74, 6) is -2.93. The lowest BCUT2D eigenvalue weighted by Gasteiger charge is -2.17. The number of carbonyl (C=O) groups is 2. The summed E-state index contributed by atoms with van der Waals surface area (Å²) in [6, 6.07) is 0. The molecule has 0 aromatic carbocycles. The number of hydrogen-bond donors (Lipinski definition) is 1. The predicted octanol–water partition coefficient (Wildman–Crippen LogP) is 0.273. The van der Waals surface area contributed by atoms with E-state index in [1.54, 1.807) is 0 Å². The Bertz CT molecular complexity index is 278. The van der Waals surface area contributed by atoms with E-state index < -0.39 is 30.3 Å². The van der Waals surface area contributed by atoms with E-state index >= 15 is 0 Å². The minimum absolute atomic E-state index is 0.0380. The Morgan fingerprint density at radius 3 is 2.40 bits per heavy atom. The molecule has 7 heteroatoms. The average Bonchev–Trinajstić information content (AvgIpc) is 2.48. The number of primary amides is 1. The fourth-order valence-corrected chi connectivity index (χ4v) is 1.51. The molecule has 0 aliphatic carbocycles. The van der Waals surface area contributed by atoms with Crippen molar-refractivity contribution in [2.45, 2.75) is 19.0 Å². The molecular formula is C8H11F3N2O2. The van der Waals surface area contributed by atoms with Gasteiger partial charge in [-0.2, -0.15) is 13.2 Å². The molecule has 1 aliphatic rings. The van der Waals surface area contributed by atoms with Crippen LogP contribution in [0.4, 0.5) is 13.2 Å². The van der Waals surface area contributed by atoms with Gasteiger partial charge in [0.1, 0.15) is 6.42 Å². The Balaban J connectivity index is 2.49. The van der Waals surface area contributed by atoms with Crippen LogP contribution in [0.5, 0.6) is 0 Å². The van der Waals surface area contributed by atoms with Crippen molar-refractivity contribution in [3.8, 4) is 0 Å². The molecule has 2 N–H and O–H groups in total. The lowest BCUT2D eigenvalue weighted by Crippen LogP contribution is -2.34. The van der Waals surface area contributed by atoms with Gasteiger partial charge in [0.25, 0.3) is 0 Å². The number of nitrogens with zero attached hydrogens (tertiary/aromatic N) is 1. The van der Waals surface area contributed by atoms with E-state index in [9.17, 15) is 22.8 Å². The van der Waals surface area contributed by atoms with Crippen molar-refractivity contribution in [2.75, 3.05) is 13.1 Å². The summed E-state index contributed by atoms with van der Waals surface area (Å²) in [5.41, 5.74) is 4.77. The first-order valence-electron chi connectivity index (χ1n) is 4.43. The maximum atomic E-state index is 12.2. The summed E-state index contributed by atoms with van der Waals surface area (Å²) < 4.78 is 36.7. The van der Waals surface area contributed by atoms with Crippen LogP contribution in [-0.2, 0) is 9.59 Å². The Morgan fingerprint density at radius 2 is 2.00 bits per heavy atom. The van der Waals surface area contributed by atoms with Gasteiger partial charge in [-0.25, -0.2) is 0 Å². The topological polar surface area (TPSA) is 63.4 Å². The van der Waals surface area contributed by atoms with Gasteiger partial charge in [-0.1, -0.05) is 0 Å². The second kappa shape index (κ2) is 4.08. The molecule has 0 bridgehead atoms. The van der Waals surface area contributed by atoms with Gasteiger partial charge in [-0.3, -0.25) is 9.59 Å². The molecule has 0 radical (unpaired) electrons. The van der Waals surface area contributed by atoms with Crippen molar-refractivity contribution < 1.29 is 22.8 Å². The van der Waals surface area contributed by atoms with Gasteiger partial charge in [0.05, 0.1) is 5.92 Å². The monoisotopic (exact) mass is 224 g/mol. The van der Waals surface area contributed by atoms with Gasteiger partial charge in [0, 0.05) is 13.1 Å². The zero-order valence-electron chi connectivity index (χ0n) is 7.88. The number of rotatable bonds is 2. The van der Waals surface area contributed by atoms with E-state index in [0.717, 1.165) is 4.90 Å². The molecule has 1 atom stereocenters. The van der Waals surface area contributed by atoms with Crippen molar-refractivity contribution in [2.24, 2.45) is 11.7 Å². The van der Waals surface area contributed by atoms with Crippen molar-refractivity contribution in [1.82, 2.24) is 4.90 Å². The molecule has 1 fully saturated rings. The molecular weight excluding hydrogens is 213 g/mol. The van der Waals surface area contributed by atoms with Gasteiger partial charge in [-0.05, 0) is 6.42 Å². The van der Waals surface area contributed by atoms with Crippen LogP contribution in [0.1, 0.15) is 12.8 Å². The molecule has 0 saturated carbocycles. The lowest BCUT2D eigenvalue weighted by atomic mass is 10.1. The Labute approximate surface area is 84.2 Å². The van der Waals surface area contributed by atoms with Gasteiger partial charge in [0.15, 0.2) is 0 Å². The summed E-state index contributed by atoms with van der Waals surface area (Å²) in [6.07, 6.45) is -4.90. The largest absolute Gasteiger partial charge is 0.393 e. The van der Waals surface area contributed by atoms with E-state index in [2.05, 4.69) is 0 Å². The van der Waals surface area contributed by atoms with E-state index in [1.807, 2.05) is 0 Å². The Morgan fingerprint density at radius 1 is 1.40 bits per heavy atom. The first-order valence-corrected chi connectivity index (χ1v) is 4.43. The quantitative estimate of drug-likeness (QED) is 0.684. The highest BCUT2D eigenvalue weighted by Gasteiger charge is 2.44. The first kappa shape index (κ1) is 11.8. The molecule has 86 valence electrons. The van der Waals surface area contributed by atoms with Crippen LogP contribution in [0, 0.1) is 5.92 Å². The van der Waals surface area contributed by atoms with Crippen LogP contribution in [0.3, 0.4) is 0 Å². The van der Waals surface area contributed by atoms with Crippen LogP contribution >= 0.6 is 0 Å². The summed E-state index contributed by atoms with van der Waals surface area (Å²) >= 11 is 0. The second-order valence-electron chi connectivity index (χ2n) is 3.51. The van der Waals surface area contributed by atoms with Crippen LogP contribution in [0.15, 0.2) is 0 Å². The molecule has 0 spiro atoms. The zero-order chi connectivity index (χ0) is 11.6. The summed E-state index contributed by atoms with van der Waals surface area (Å²) in [6.45, 7) is -0.327. The van der Waals surface area contributed by atoms with Crippen molar-refractivity contribution in [3.63, 3.8) is 0 Å². The van der Waals surface area contributed by atoms with Crippen molar-refractivity contribution in [3.05, 3.63) is 0 Å². The van der Waals surface area contributed by atoms with Gasteiger partial charge < -0.3 is 10.6 Å². The van der Waals surface area contributed by atoms with Gasteiger partial charge in [0.2, 0.25) is 11.8 Å². The Hall–Kier alpha value is -1.27. The highest BCUT2D eigenvalue weighted by Crippen LogP contribution is 2.33. The number of hydrogen-bond acceptors (Lipinski definition) is 2. The molecule has 1 heterocycles. The third kappa shape index (κ3) is 3.10. The highest BCUT2D eigenvalue weighted by atomic mass is 19.4. The standard InChI is InChI=1S/C8H11F3N2O2/c9-8(10,11)5-1-2-13(4-5)7(15)3-6(12)14/h5H,1-4H2,(H2,12,14)/t5-/m1/s1. The smallest absolute Gasteiger partial charge is 0.369 e. The Kier molecular flexibility index (Phi) is 3.21. The maximum Gasteiger partial charge on any atom is 0.393 e. The van der Waals surface area contributed by atoms with Crippen LogP contribution in [0.2, 0.25) is 0 Å². The molecule has 4 nitrogen and oxygen atoms in total. The lowest BCUT2D eigenvalue weighted by molar-refractivity contribution is -0.171. The summed E-state index contributed by atoms with van der Waals surface area (Å²) in [7, 11) is 0. The molecule has 0 unspecified atom stereocenters. The van der Waals surface area contributed by atoms with Crippen LogP contribution in [0.25, 0.3) is 0 Å². The third-order valence-corrected chi connectivity index (χ3v) is 2.33. The molecule has 1 aliphatic heterocycles. The van der Waals surface area contributed by atoms with E-state index in [4.69, 9.17) is 5.73 Å². The van der Waals surface area contributed by atoms with E-state index in [0.29, 0.717) is 0 Å². The molecule has 0 aromatic heterocycles. The molecule has 15 heavy (non-hydrogen) atoms. The van der Waals surface area contributed by atoms with Crippen LogP contribution < -0.4 is 5.73 Å². The fraction of sp³-hybridized carbons (Fsp3) is 0.750. The van der Waals surface area contributed by atoms with Crippen molar-refractivity contribution in [1.29, 1.82) is 0 Å². The van der Waals surface area contributed by atoms with Gasteiger partial charge >= 0.3 is 6.18 Å². The third-order valence-electron chi connectivity index (χ3n) is 2.33. The summed E-state index contributed by atoms with van der Waals surface area (Å²) in [4.78, 5) is 22.6. The van der Waals surface area contributed by atoms with E-state index in [1.165, 1.54) is 0 Å². The number of alkyl halides is 3. The number of carbonyl (C=O) groups excluding carboxylic acids is 2. The van der Waals surface area contributed by atoms with Gasteiger partial charge in [-0.15, -0.1) is 0 Å². The molecule has 0 aromatic rings. The SMILES string of the molecule is NC(=O)CC(=O)N1CC[C@@H](C(F)(F)F)C1. The normalized spacial score (nSPS) is 21.8. The average molecular weight is 224 g/mol. The number of likely N-dealkylation sites (tertiary alicyclic amines) is 1. The first-order chi connectivity index (χ1) is 6.80. The second-order valence-corrected chi connectivity index (χ2v) is 3.51. The molecule has 1 saturated heterocycles. The van der Waals surface area contributed by atoms with Crippen LogP contribution in [-0.4, -0.2) is 36.0 Å². The molecule has 1 rings (SSSR count). The predicted molar refractivity (Wildman–Crippen MR) is 44.6 cm³/mol. The minimum Gasteiger partial charge on any atom is -0.369 e. The maximum absolute atomic E-state index is 12.2. The number of halogens is 3. The zero-order valence-corrected chi connectivity index (χ0v) is 7.88. The number of amides is 2. The highest BCUT2D eigenvalue weighted by molar-refractivity contribution is 5.96. The van der Waals surface area contributed by atoms with Crippen molar-refractivity contribution >= 4 is 11.8 Å². The number of nitrogens with two attached hydrogens (primary N) is 1.